The van der Waals surface area contributed by atoms with E-state index >= 15 is 0 Å². The third kappa shape index (κ3) is 2.45. The zero-order valence-corrected chi connectivity index (χ0v) is 10.5. The molecule has 2 aromatic carbocycles. The summed E-state index contributed by atoms with van der Waals surface area (Å²) in [5.74, 6) is -0.492. The molecule has 19 heavy (non-hydrogen) atoms. The van der Waals surface area contributed by atoms with Crippen molar-refractivity contribution in [3.05, 3.63) is 42.0 Å². The van der Waals surface area contributed by atoms with Crippen LogP contribution < -0.4 is 15.2 Å². The lowest BCUT2D eigenvalue weighted by molar-refractivity contribution is 0.413. The summed E-state index contributed by atoms with van der Waals surface area (Å²) in [6, 6.07) is 6.88. The Hall–Kier alpha value is -2.30. The van der Waals surface area contributed by atoms with Gasteiger partial charge in [-0.15, -0.1) is 0 Å². The normalized spacial score (nSPS) is 10.3. The number of halogens is 2. The zero-order valence-electron chi connectivity index (χ0n) is 10.5. The van der Waals surface area contributed by atoms with Crippen LogP contribution in [-0.4, -0.2) is 14.2 Å². The number of hydrogen-bond acceptors (Lipinski definition) is 3. The largest absolute Gasteiger partial charge is 0.497 e. The van der Waals surface area contributed by atoms with Crippen molar-refractivity contribution in [1.82, 2.24) is 0 Å². The average molecular weight is 265 g/mol. The number of hydrogen-bond donors (Lipinski definition) is 1. The van der Waals surface area contributed by atoms with Crippen LogP contribution in [0.3, 0.4) is 0 Å². The molecule has 0 saturated carbocycles. The highest BCUT2D eigenvalue weighted by atomic mass is 19.1. The van der Waals surface area contributed by atoms with E-state index < -0.39 is 11.6 Å². The average Bonchev–Trinajstić information content (AvgIpc) is 2.42. The van der Waals surface area contributed by atoms with Crippen LogP contribution in [0.15, 0.2) is 30.3 Å². The minimum absolute atomic E-state index is 0.102. The lowest BCUT2D eigenvalue weighted by Gasteiger charge is -2.10. The van der Waals surface area contributed by atoms with Crippen LogP contribution in [0.4, 0.5) is 14.5 Å². The van der Waals surface area contributed by atoms with Gasteiger partial charge in [-0.1, -0.05) is 0 Å². The van der Waals surface area contributed by atoms with Gasteiger partial charge in [0.05, 0.1) is 14.2 Å². The van der Waals surface area contributed by atoms with Gasteiger partial charge < -0.3 is 15.2 Å². The Balaban J connectivity index is 2.61. The third-order valence-corrected chi connectivity index (χ3v) is 2.80. The van der Waals surface area contributed by atoms with Crippen molar-refractivity contribution in [2.24, 2.45) is 0 Å². The number of anilines is 1. The second kappa shape index (κ2) is 5.14. The SMILES string of the molecule is COc1ccc(F)c(-c2cc(F)c(N)c(OC)c2)c1. The van der Waals surface area contributed by atoms with Gasteiger partial charge in [0.1, 0.15) is 23.0 Å². The van der Waals surface area contributed by atoms with Crippen molar-refractivity contribution >= 4 is 5.69 Å². The predicted octanol–water partition coefficient (Wildman–Crippen LogP) is 3.23. The molecule has 0 spiro atoms. The molecule has 0 atom stereocenters. The molecule has 0 aromatic heterocycles. The first-order chi connectivity index (χ1) is 9.06. The van der Waals surface area contributed by atoms with E-state index in [1.165, 1.54) is 38.5 Å². The quantitative estimate of drug-likeness (QED) is 0.866. The summed E-state index contributed by atoms with van der Waals surface area (Å²) in [6.45, 7) is 0. The molecule has 0 amide bonds. The molecule has 0 radical (unpaired) electrons. The van der Waals surface area contributed by atoms with E-state index in [-0.39, 0.29) is 17.0 Å². The number of ether oxygens (including phenoxy) is 2. The maximum Gasteiger partial charge on any atom is 0.150 e. The van der Waals surface area contributed by atoms with Crippen molar-refractivity contribution in [3.8, 4) is 22.6 Å². The van der Waals surface area contributed by atoms with Crippen LogP contribution >= 0.6 is 0 Å². The number of nitrogen functional groups attached to an aromatic ring is 1. The van der Waals surface area contributed by atoms with Crippen molar-refractivity contribution in [2.75, 3.05) is 20.0 Å². The fourth-order valence-corrected chi connectivity index (χ4v) is 1.77. The Morgan fingerprint density at radius 2 is 1.68 bits per heavy atom. The van der Waals surface area contributed by atoms with Crippen LogP contribution in [0.25, 0.3) is 11.1 Å². The molecule has 0 unspecified atom stereocenters. The van der Waals surface area contributed by atoms with Gasteiger partial charge in [-0.3, -0.25) is 0 Å². The molecule has 3 nitrogen and oxygen atoms in total. The maximum absolute atomic E-state index is 13.8. The lowest BCUT2D eigenvalue weighted by atomic mass is 10.0. The first kappa shape index (κ1) is 13.1. The van der Waals surface area contributed by atoms with E-state index in [2.05, 4.69) is 0 Å². The second-order valence-electron chi connectivity index (χ2n) is 3.92. The highest BCUT2D eigenvalue weighted by molar-refractivity contribution is 5.71. The Morgan fingerprint density at radius 3 is 2.32 bits per heavy atom. The van der Waals surface area contributed by atoms with Crippen molar-refractivity contribution < 1.29 is 18.3 Å². The summed E-state index contributed by atoms with van der Waals surface area (Å²) < 4.78 is 37.5. The summed E-state index contributed by atoms with van der Waals surface area (Å²) >= 11 is 0. The van der Waals surface area contributed by atoms with Crippen molar-refractivity contribution in [3.63, 3.8) is 0 Å². The fourth-order valence-electron chi connectivity index (χ4n) is 1.77. The molecule has 0 aliphatic rings. The number of nitrogens with two attached hydrogens (primary N) is 1. The zero-order chi connectivity index (χ0) is 14.0. The molecule has 0 aliphatic carbocycles. The van der Waals surface area contributed by atoms with Gasteiger partial charge in [0, 0.05) is 5.56 Å². The molecular formula is C14H13F2NO2. The van der Waals surface area contributed by atoms with Crippen LogP contribution in [0, 0.1) is 11.6 Å². The van der Waals surface area contributed by atoms with E-state index in [1.54, 1.807) is 0 Å². The minimum atomic E-state index is -0.656. The lowest BCUT2D eigenvalue weighted by Crippen LogP contribution is -1.97. The van der Waals surface area contributed by atoms with Gasteiger partial charge in [-0.2, -0.15) is 0 Å². The first-order valence-electron chi connectivity index (χ1n) is 5.53. The molecule has 0 heterocycles. The van der Waals surface area contributed by atoms with Gasteiger partial charge in [-0.25, -0.2) is 8.78 Å². The molecular weight excluding hydrogens is 252 g/mol. The molecule has 0 saturated heterocycles. The van der Waals surface area contributed by atoms with Crippen LogP contribution in [0.2, 0.25) is 0 Å². The molecule has 0 aliphatic heterocycles. The standard InChI is InChI=1S/C14H13F2NO2/c1-18-9-3-4-11(15)10(7-9)8-5-12(16)14(17)13(6-8)19-2/h3-7H,17H2,1-2H3. The van der Waals surface area contributed by atoms with Gasteiger partial charge in [-0.05, 0) is 35.9 Å². The highest BCUT2D eigenvalue weighted by Crippen LogP contribution is 2.34. The Kier molecular flexibility index (Phi) is 3.55. The summed E-state index contributed by atoms with van der Waals surface area (Å²) in [5.41, 5.74) is 5.97. The maximum atomic E-state index is 13.8. The van der Waals surface area contributed by atoms with E-state index in [0.717, 1.165) is 6.07 Å². The van der Waals surface area contributed by atoms with E-state index in [0.29, 0.717) is 11.3 Å². The number of rotatable bonds is 3. The van der Waals surface area contributed by atoms with Gasteiger partial charge in [0.15, 0.2) is 5.82 Å². The number of benzene rings is 2. The molecule has 2 N–H and O–H groups in total. The van der Waals surface area contributed by atoms with E-state index in [4.69, 9.17) is 15.2 Å². The molecule has 2 aromatic rings. The van der Waals surface area contributed by atoms with Crippen LogP contribution in [-0.2, 0) is 0 Å². The first-order valence-corrected chi connectivity index (χ1v) is 5.53. The molecule has 100 valence electrons. The van der Waals surface area contributed by atoms with Crippen LogP contribution in [0.5, 0.6) is 11.5 Å². The topological polar surface area (TPSA) is 44.5 Å². The molecule has 5 heteroatoms. The van der Waals surface area contributed by atoms with Crippen LogP contribution in [0.1, 0.15) is 0 Å². The predicted molar refractivity (Wildman–Crippen MR) is 69.3 cm³/mol. The van der Waals surface area contributed by atoms with E-state index in [9.17, 15) is 8.78 Å². The minimum Gasteiger partial charge on any atom is -0.497 e. The van der Waals surface area contributed by atoms with Gasteiger partial charge in [0.2, 0.25) is 0 Å². The molecule has 2 rings (SSSR count). The van der Waals surface area contributed by atoms with E-state index in [1.807, 2.05) is 0 Å². The summed E-state index contributed by atoms with van der Waals surface area (Å²) in [5, 5.41) is 0. The smallest absolute Gasteiger partial charge is 0.150 e. The fraction of sp³-hybridized carbons (Fsp3) is 0.143. The van der Waals surface area contributed by atoms with Crippen molar-refractivity contribution in [2.45, 2.75) is 0 Å². The Labute approximate surface area is 109 Å². The van der Waals surface area contributed by atoms with Crippen molar-refractivity contribution in [1.29, 1.82) is 0 Å². The molecule has 0 fully saturated rings. The Morgan fingerprint density at radius 1 is 0.947 bits per heavy atom. The monoisotopic (exact) mass is 265 g/mol. The highest BCUT2D eigenvalue weighted by Gasteiger charge is 2.13. The summed E-state index contributed by atoms with van der Waals surface area (Å²) in [6.07, 6.45) is 0. The Bertz CT molecular complexity index is 615. The third-order valence-electron chi connectivity index (χ3n) is 2.80. The van der Waals surface area contributed by atoms with Gasteiger partial charge in [0.25, 0.3) is 0 Å². The molecule has 0 bridgehead atoms. The van der Waals surface area contributed by atoms with Gasteiger partial charge >= 0.3 is 0 Å². The summed E-state index contributed by atoms with van der Waals surface area (Å²) in [7, 11) is 2.85. The second-order valence-corrected chi connectivity index (χ2v) is 3.92. The summed E-state index contributed by atoms with van der Waals surface area (Å²) in [4.78, 5) is 0. The number of methoxy groups -OCH3 is 2.